The van der Waals surface area contributed by atoms with E-state index in [0.29, 0.717) is 0 Å². The van der Waals surface area contributed by atoms with Crippen LogP contribution in [0.15, 0.2) is 0 Å². The Bertz CT molecular complexity index is 322. The highest BCUT2D eigenvalue weighted by atomic mass is 32.1. The first-order chi connectivity index (χ1) is 6.58. The molecule has 0 aromatic carbocycles. The third-order valence-corrected chi connectivity index (χ3v) is 2.44. The summed E-state index contributed by atoms with van der Waals surface area (Å²) in [5.41, 5.74) is 0. The Morgan fingerprint density at radius 1 is 1.29 bits per heavy atom. The maximum absolute atomic E-state index is 11.3. The first-order valence-corrected chi connectivity index (χ1v) is 4.61. The summed E-state index contributed by atoms with van der Waals surface area (Å²) in [6.45, 7) is 0.0759. The first-order valence-electron chi connectivity index (χ1n) is 3.80. The van der Waals surface area contributed by atoms with E-state index in [1.165, 1.54) is 4.90 Å². The van der Waals surface area contributed by atoms with Gasteiger partial charge in [0, 0.05) is 0 Å². The van der Waals surface area contributed by atoms with Crippen molar-refractivity contribution in [3.63, 3.8) is 0 Å². The molecule has 2 heterocycles. The lowest BCUT2D eigenvalue weighted by atomic mass is 10.4. The van der Waals surface area contributed by atoms with E-state index in [0.717, 1.165) is 0 Å². The molecule has 0 spiro atoms. The van der Waals surface area contributed by atoms with E-state index in [1.807, 2.05) is 0 Å². The van der Waals surface area contributed by atoms with Crippen LogP contribution in [0, 0.1) is 0 Å². The lowest BCUT2D eigenvalue weighted by Crippen LogP contribution is -2.48. The lowest BCUT2D eigenvalue weighted by Gasteiger charge is -2.20. The number of amides is 2. The quantitative estimate of drug-likeness (QED) is 0.454. The summed E-state index contributed by atoms with van der Waals surface area (Å²) < 4.78 is 0. The van der Waals surface area contributed by atoms with Gasteiger partial charge in [0.1, 0.15) is 6.54 Å². The van der Waals surface area contributed by atoms with Crippen molar-refractivity contribution in [3.8, 4) is 0 Å². The molecule has 6 nitrogen and oxygen atoms in total. The first kappa shape index (κ1) is 9.28. The van der Waals surface area contributed by atoms with Crippen LogP contribution in [0.4, 0.5) is 0 Å². The molecular formula is C6H6N4O2S2. The van der Waals surface area contributed by atoms with E-state index >= 15 is 0 Å². The van der Waals surface area contributed by atoms with E-state index in [2.05, 4.69) is 16.0 Å². The summed E-state index contributed by atoms with van der Waals surface area (Å²) in [6.07, 6.45) is -0.672. The third kappa shape index (κ3) is 1.42. The molecule has 8 heteroatoms. The zero-order chi connectivity index (χ0) is 10.3. The van der Waals surface area contributed by atoms with Crippen LogP contribution in [0.5, 0.6) is 0 Å². The molecule has 14 heavy (non-hydrogen) atoms. The zero-order valence-corrected chi connectivity index (χ0v) is 8.50. The molecule has 2 amide bonds. The Morgan fingerprint density at radius 2 is 2.00 bits per heavy atom. The Labute approximate surface area is 90.0 Å². The van der Waals surface area contributed by atoms with Crippen LogP contribution in [0.3, 0.4) is 0 Å². The number of hydrogen-bond acceptors (Lipinski definition) is 4. The van der Waals surface area contributed by atoms with Crippen molar-refractivity contribution in [1.82, 2.24) is 20.9 Å². The maximum Gasteiger partial charge on any atom is 0.269 e. The van der Waals surface area contributed by atoms with Crippen molar-refractivity contribution in [2.24, 2.45) is 0 Å². The fourth-order valence-corrected chi connectivity index (χ4v) is 1.79. The van der Waals surface area contributed by atoms with Crippen LogP contribution >= 0.6 is 24.4 Å². The zero-order valence-electron chi connectivity index (χ0n) is 6.86. The molecule has 0 aliphatic carbocycles. The van der Waals surface area contributed by atoms with Gasteiger partial charge in [-0.15, -0.1) is 0 Å². The summed E-state index contributed by atoms with van der Waals surface area (Å²) in [6, 6.07) is 0. The second kappa shape index (κ2) is 3.14. The van der Waals surface area contributed by atoms with Gasteiger partial charge >= 0.3 is 0 Å². The van der Waals surface area contributed by atoms with Gasteiger partial charge < -0.3 is 15.5 Å². The van der Waals surface area contributed by atoms with Crippen molar-refractivity contribution >= 4 is 46.5 Å². The number of nitrogens with zero attached hydrogens (tertiary/aromatic N) is 1. The van der Waals surface area contributed by atoms with Crippen molar-refractivity contribution in [3.05, 3.63) is 0 Å². The van der Waals surface area contributed by atoms with Gasteiger partial charge in [0.05, 0.1) is 0 Å². The van der Waals surface area contributed by atoms with Gasteiger partial charge in [-0.3, -0.25) is 14.9 Å². The second-order valence-electron chi connectivity index (χ2n) is 2.85. The highest BCUT2D eigenvalue weighted by Gasteiger charge is 2.38. The molecule has 2 aliphatic heterocycles. The van der Waals surface area contributed by atoms with Gasteiger partial charge in [0.25, 0.3) is 5.91 Å². The molecular weight excluding hydrogens is 224 g/mol. The molecule has 1 unspecified atom stereocenters. The number of carbonyl (C=O) groups is 2. The average Bonchev–Trinajstić information content (AvgIpc) is 2.55. The fraction of sp³-hybridized carbons (Fsp3) is 0.333. The van der Waals surface area contributed by atoms with Crippen LogP contribution in [-0.4, -0.2) is 39.6 Å². The maximum atomic E-state index is 11.3. The standard InChI is InChI=1S/C6H6N4O2S2/c11-2-1-10(6(14)7-2)3-4(12)9-5(13)8-3/h3H,1H2,(H,7,11,14)(H2,8,9,12,13). The van der Waals surface area contributed by atoms with Gasteiger partial charge in [-0.2, -0.15) is 0 Å². The molecule has 2 fully saturated rings. The van der Waals surface area contributed by atoms with E-state index in [-0.39, 0.29) is 28.6 Å². The van der Waals surface area contributed by atoms with E-state index in [4.69, 9.17) is 24.4 Å². The number of rotatable bonds is 1. The predicted octanol–water partition coefficient (Wildman–Crippen LogP) is -1.97. The Balaban J connectivity index is 2.16. The smallest absolute Gasteiger partial charge is 0.269 e. The number of carbonyl (C=O) groups excluding carboxylic acids is 2. The topological polar surface area (TPSA) is 73.5 Å². The average molecular weight is 230 g/mol. The summed E-state index contributed by atoms with van der Waals surface area (Å²) >= 11 is 9.63. The minimum atomic E-state index is -0.672. The second-order valence-corrected chi connectivity index (χ2v) is 3.64. The van der Waals surface area contributed by atoms with Gasteiger partial charge in [-0.1, -0.05) is 0 Å². The lowest BCUT2D eigenvalue weighted by molar-refractivity contribution is -0.123. The van der Waals surface area contributed by atoms with Crippen molar-refractivity contribution in [2.45, 2.75) is 6.17 Å². The summed E-state index contributed by atoms with van der Waals surface area (Å²) in [5, 5.41) is 8.06. The minimum absolute atomic E-state index is 0.0759. The Kier molecular flexibility index (Phi) is 2.08. The van der Waals surface area contributed by atoms with Crippen LogP contribution in [0.2, 0.25) is 0 Å². The molecule has 74 valence electrons. The van der Waals surface area contributed by atoms with Crippen molar-refractivity contribution in [2.75, 3.05) is 6.54 Å². The SMILES string of the molecule is O=C1CN(C2NC(=S)NC2=O)C(=S)N1. The fourth-order valence-electron chi connectivity index (χ4n) is 1.29. The van der Waals surface area contributed by atoms with Crippen LogP contribution in [-0.2, 0) is 9.59 Å². The molecule has 2 rings (SSSR count). The van der Waals surface area contributed by atoms with Crippen LogP contribution < -0.4 is 16.0 Å². The summed E-state index contributed by atoms with van der Waals surface area (Å²) in [4.78, 5) is 23.7. The van der Waals surface area contributed by atoms with Gasteiger partial charge in [-0.25, -0.2) is 0 Å². The van der Waals surface area contributed by atoms with Crippen molar-refractivity contribution in [1.29, 1.82) is 0 Å². The molecule has 0 aromatic rings. The van der Waals surface area contributed by atoms with Crippen LogP contribution in [0.1, 0.15) is 0 Å². The monoisotopic (exact) mass is 230 g/mol. The highest BCUT2D eigenvalue weighted by molar-refractivity contribution is 7.80. The molecule has 0 aromatic heterocycles. The molecule has 1 atom stereocenters. The van der Waals surface area contributed by atoms with Crippen LogP contribution in [0.25, 0.3) is 0 Å². The predicted molar refractivity (Wildman–Crippen MR) is 55.1 cm³/mol. The molecule has 0 saturated carbocycles. The minimum Gasteiger partial charge on any atom is -0.334 e. The summed E-state index contributed by atoms with van der Waals surface area (Å²) in [7, 11) is 0. The number of nitrogens with one attached hydrogen (secondary N) is 3. The largest absolute Gasteiger partial charge is 0.334 e. The molecule has 0 bridgehead atoms. The van der Waals surface area contributed by atoms with E-state index in [1.54, 1.807) is 0 Å². The number of hydrogen-bond donors (Lipinski definition) is 3. The summed E-state index contributed by atoms with van der Waals surface area (Å²) in [5.74, 6) is -0.517. The van der Waals surface area contributed by atoms with Gasteiger partial charge in [-0.05, 0) is 24.4 Å². The molecule has 0 radical (unpaired) electrons. The normalized spacial score (nSPS) is 26.3. The Morgan fingerprint density at radius 3 is 2.43 bits per heavy atom. The molecule has 3 N–H and O–H groups in total. The Hall–Kier alpha value is -1.28. The van der Waals surface area contributed by atoms with E-state index < -0.39 is 6.17 Å². The van der Waals surface area contributed by atoms with Gasteiger partial charge in [0.2, 0.25) is 5.91 Å². The highest BCUT2D eigenvalue weighted by Crippen LogP contribution is 2.06. The number of thiocarbonyl (C=S) groups is 2. The van der Waals surface area contributed by atoms with E-state index in [9.17, 15) is 9.59 Å². The molecule has 2 saturated heterocycles. The van der Waals surface area contributed by atoms with Crippen molar-refractivity contribution < 1.29 is 9.59 Å². The molecule has 2 aliphatic rings. The third-order valence-electron chi connectivity index (χ3n) is 1.89. The van der Waals surface area contributed by atoms with Gasteiger partial charge in [0.15, 0.2) is 16.4 Å².